The monoisotopic (exact) mass is 262 g/mol. The van der Waals surface area contributed by atoms with E-state index in [4.69, 9.17) is 9.15 Å². The lowest BCUT2D eigenvalue weighted by Crippen LogP contribution is -2.02. The molecule has 0 saturated carbocycles. The Morgan fingerprint density at radius 1 is 1.21 bits per heavy atom. The molecule has 0 spiro atoms. The number of aromatic hydroxyl groups is 2. The molecule has 2 aromatic rings. The van der Waals surface area contributed by atoms with Gasteiger partial charge in [-0.05, 0) is 36.1 Å². The molecule has 4 heteroatoms. The van der Waals surface area contributed by atoms with Gasteiger partial charge in [-0.25, -0.2) is 0 Å². The summed E-state index contributed by atoms with van der Waals surface area (Å²) < 4.78 is 10.5. The lowest BCUT2D eigenvalue weighted by atomic mass is 9.93. The molecule has 0 atom stereocenters. The zero-order chi connectivity index (χ0) is 13.8. The fourth-order valence-corrected chi connectivity index (χ4v) is 2.32. The summed E-state index contributed by atoms with van der Waals surface area (Å²) in [6, 6.07) is 4.93. The topological polar surface area (TPSA) is 62.8 Å². The van der Waals surface area contributed by atoms with Gasteiger partial charge in [-0.2, -0.15) is 0 Å². The van der Waals surface area contributed by atoms with Gasteiger partial charge in [-0.3, -0.25) is 0 Å². The molecule has 2 N–H and O–H groups in total. The summed E-state index contributed by atoms with van der Waals surface area (Å²) in [5.74, 6) is 0.732. The third-order valence-corrected chi connectivity index (χ3v) is 3.18. The van der Waals surface area contributed by atoms with Crippen molar-refractivity contribution >= 4 is 0 Å². The summed E-state index contributed by atoms with van der Waals surface area (Å²) in [6.45, 7) is 2.48. The minimum Gasteiger partial charge on any atom is -0.508 e. The number of methoxy groups -OCH3 is 1. The Bertz CT molecular complexity index is 544. The molecule has 2 rings (SSSR count). The van der Waals surface area contributed by atoms with Crippen LogP contribution in [0.2, 0.25) is 0 Å². The highest BCUT2D eigenvalue weighted by atomic mass is 16.5. The summed E-state index contributed by atoms with van der Waals surface area (Å²) in [6.07, 6.45) is 2.85. The van der Waals surface area contributed by atoms with Crippen LogP contribution in [0.5, 0.6) is 11.5 Å². The van der Waals surface area contributed by atoms with E-state index in [1.54, 1.807) is 25.5 Å². The molecule has 19 heavy (non-hydrogen) atoms. The summed E-state index contributed by atoms with van der Waals surface area (Å²) in [4.78, 5) is 0. The maximum Gasteiger partial charge on any atom is 0.137 e. The SMILES string of the molecule is CCc1c(O)cc(O)c(-c2ccco2)c1CCOC. The van der Waals surface area contributed by atoms with Crippen molar-refractivity contribution in [2.75, 3.05) is 13.7 Å². The van der Waals surface area contributed by atoms with E-state index in [9.17, 15) is 10.2 Å². The second-order valence-electron chi connectivity index (χ2n) is 4.32. The number of furan rings is 1. The number of phenols is 2. The number of hydrogen-bond donors (Lipinski definition) is 2. The van der Waals surface area contributed by atoms with Gasteiger partial charge in [-0.1, -0.05) is 6.92 Å². The lowest BCUT2D eigenvalue weighted by molar-refractivity contribution is 0.202. The summed E-state index contributed by atoms with van der Waals surface area (Å²) in [7, 11) is 1.63. The van der Waals surface area contributed by atoms with Crippen LogP contribution in [0.25, 0.3) is 11.3 Å². The van der Waals surface area contributed by atoms with Crippen molar-refractivity contribution in [3.63, 3.8) is 0 Å². The van der Waals surface area contributed by atoms with Crippen LogP contribution >= 0.6 is 0 Å². The van der Waals surface area contributed by atoms with Crippen molar-refractivity contribution in [1.82, 2.24) is 0 Å². The Hall–Kier alpha value is -1.94. The van der Waals surface area contributed by atoms with E-state index in [0.29, 0.717) is 30.8 Å². The smallest absolute Gasteiger partial charge is 0.137 e. The standard InChI is InChI=1S/C15H18O4/c1-3-10-11(6-8-18-2)15(13(17)9-12(10)16)14-5-4-7-19-14/h4-5,7,9,16-17H,3,6,8H2,1-2H3. The highest BCUT2D eigenvalue weighted by molar-refractivity contribution is 5.73. The van der Waals surface area contributed by atoms with Crippen LogP contribution in [0.15, 0.2) is 28.9 Å². The van der Waals surface area contributed by atoms with Crippen LogP contribution in [0.1, 0.15) is 18.1 Å². The van der Waals surface area contributed by atoms with Gasteiger partial charge in [0.2, 0.25) is 0 Å². The second-order valence-corrected chi connectivity index (χ2v) is 4.32. The molecule has 0 fully saturated rings. The highest BCUT2D eigenvalue weighted by Crippen LogP contribution is 2.40. The first-order chi connectivity index (χ1) is 9.19. The van der Waals surface area contributed by atoms with E-state index >= 15 is 0 Å². The van der Waals surface area contributed by atoms with Crippen molar-refractivity contribution in [3.8, 4) is 22.8 Å². The molecule has 0 unspecified atom stereocenters. The van der Waals surface area contributed by atoms with E-state index in [1.807, 2.05) is 6.92 Å². The number of benzene rings is 1. The molecule has 0 saturated heterocycles. The first-order valence-corrected chi connectivity index (χ1v) is 6.28. The van der Waals surface area contributed by atoms with Gasteiger partial charge in [0.15, 0.2) is 0 Å². The number of ether oxygens (including phenoxy) is 1. The minimum absolute atomic E-state index is 0.0238. The van der Waals surface area contributed by atoms with Crippen LogP contribution < -0.4 is 0 Å². The summed E-state index contributed by atoms with van der Waals surface area (Å²) in [5.41, 5.74) is 2.33. The van der Waals surface area contributed by atoms with E-state index < -0.39 is 0 Å². The molecule has 0 aliphatic heterocycles. The van der Waals surface area contributed by atoms with Crippen LogP contribution in [0, 0.1) is 0 Å². The molecule has 4 nitrogen and oxygen atoms in total. The maximum atomic E-state index is 10.1. The molecule has 0 radical (unpaired) electrons. The van der Waals surface area contributed by atoms with Gasteiger partial charge in [-0.15, -0.1) is 0 Å². The van der Waals surface area contributed by atoms with Crippen molar-refractivity contribution in [2.24, 2.45) is 0 Å². The first kappa shape index (κ1) is 13.5. The average molecular weight is 262 g/mol. The largest absolute Gasteiger partial charge is 0.508 e. The highest BCUT2D eigenvalue weighted by Gasteiger charge is 2.19. The average Bonchev–Trinajstić information content (AvgIpc) is 2.89. The molecule has 0 aliphatic rings. The number of phenolic OH excluding ortho intramolecular Hbond substituents is 2. The Labute approximate surface area is 112 Å². The van der Waals surface area contributed by atoms with Gasteiger partial charge in [0, 0.05) is 13.2 Å². The molecule has 102 valence electrons. The van der Waals surface area contributed by atoms with Crippen molar-refractivity contribution in [3.05, 3.63) is 35.6 Å². The molecule has 1 aromatic heterocycles. The molecular formula is C15H18O4. The molecular weight excluding hydrogens is 244 g/mol. The normalized spacial score (nSPS) is 10.8. The van der Waals surface area contributed by atoms with E-state index in [2.05, 4.69) is 0 Å². The van der Waals surface area contributed by atoms with E-state index in [-0.39, 0.29) is 11.5 Å². The number of hydrogen-bond acceptors (Lipinski definition) is 4. The molecule has 0 bridgehead atoms. The Balaban J connectivity index is 2.62. The van der Waals surface area contributed by atoms with Crippen molar-refractivity contribution in [1.29, 1.82) is 0 Å². The van der Waals surface area contributed by atoms with E-state index in [1.165, 1.54) is 6.07 Å². The lowest BCUT2D eigenvalue weighted by Gasteiger charge is -2.15. The van der Waals surface area contributed by atoms with E-state index in [0.717, 1.165) is 11.1 Å². The minimum atomic E-state index is 0.0238. The first-order valence-electron chi connectivity index (χ1n) is 6.28. The predicted molar refractivity (Wildman–Crippen MR) is 72.4 cm³/mol. The van der Waals surface area contributed by atoms with Gasteiger partial charge in [0.25, 0.3) is 0 Å². The zero-order valence-electron chi connectivity index (χ0n) is 11.1. The second kappa shape index (κ2) is 5.80. The molecule has 1 heterocycles. The summed E-state index contributed by atoms with van der Waals surface area (Å²) in [5, 5.41) is 20.1. The Morgan fingerprint density at radius 3 is 2.58 bits per heavy atom. The van der Waals surface area contributed by atoms with Crippen LogP contribution in [-0.2, 0) is 17.6 Å². The number of rotatable bonds is 5. The zero-order valence-corrected chi connectivity index (χ0v) is 11.1. The predicted octanol–water partition coefficient (Wildman–Crippen LogP) is 3.11. The molecule has 0 aliphatic carbocycles. The third-order valence-electron chi connectivity index (χ3n) is 3.18. The van der Waals surface area contributed by atoms with Crippen LogP contribution in [-0.4, -0.2) is 23.9 Å². The van der Waals surface area contributed by atoms with Gasteiger partial charge < -0.3 is 19.4 Å². The van der Waals surface area contributed by atoms with Gasteiger partial charge in [0.05, 0.1) is 18.4 Å². The van der Waals surface area contributed by atoms with Crippen molar-refractivity contribution < 1.29 is 19.4 Å². The van der Waals surface area contributed by atoms with Crippen molar-refractivity contribution in [2.45, 2.75) is 19.8 Å². The quantitative estimate of drug-likeness (QED) is 0.869. The maximum absolute atomic E-state index is 10.1. The van der Waals surface area contributed by atoms with Gasteiger partial charge >= 0.3 is 0 Å². The Morgan fingerprint density at radius 2 is 2.00 bits per heavy atom. The fourth-order valence-electron chi connectivity index (χ4n) is 2.32. The van der Waals surface area contributed by atoms with Crippen LogP contribution in [0.3, 0.4) is 0 Å². The third kappa shape index (κ3) is 2.58. The summed E-state index contributed by atoms with van der Waals surface area (Å²) >= 11 is 0. The fraction of sp³-hybridized carbons (Fsp3) is 0.333. The molecule has 1 aromatic carbocycles. The van der Waals surface area contributed by atoms with Gasteiger partial charge in [0.1, 0.15) is 17.3 Å². The van der Waals surface area contributed by atoms with Crippen LogP contribution in [0.4, 0.5) is 0 Å². The molecule has 0 amide bonds. The Kier molecular flexibility index (Phi) is 4.12.